The fraction of sp³-hybridized carbons (Fsp3) is 0.364. The summed E-state index contributed by atoms with van der Waals surface area (Å²) in [5, 5.41) is 2.77. The van der Waals surface area contributed by atoms with Gasteiger partial charge in [0, 0.05) is 30.7 Å². The number of aromatic nitrogens is 4. The molecule has 0 aliphatic carbocycles. The van der Waals surface area contributed by atoms with Gasteiger partial charge in [-0.1, -0.05) is 17.7 Å². The fourth-order valence-corrected chi connectivity index (χ4v) is 6.53. The molecule has 12 heteroatoms. The summed E-state index contributed by atoms with van der Waals surface area (Å²) in [5.41, 5.74) is 2.74. The number of piperidine rings is 1. The minimum absolute atomic E-state index is 0.0623. The summed E-state index contributed by atoms with van der Waals surface area (Å²) >= 11 is 0. The van der Waals surface area contributed by atoms with Crippen molar-refractivity contribution < 1.29 is 16.8 Å². The first-order valence-electron chi connectivity index (χ1n) is 11.1. The maximum absolute atomic E-state index is 13.3. The van der Waals surface area contributed by atoms with Crippen LogP contribution in [0.4, 0.5) is 0 Å². The van der Waals surface area contributed by atoms with Crippen molar-refractivity contribution >= 4 is 42.1 Å². The third kappa shape index (κ3) is 3.95. The average molecular weight is 503 g/mol. The van der Waals surface area contributed by atoms with Gasteiger partial charge in [0.15, 0.2) is 5.65 Å². The Morgan fingerprint density at radius 1 is 1.03 bits per heavy atom. The van der Waals surface area contributed by atoms with Crippen LogP contribution >= 0.6 is 0 Å². The average Bonchev–Trinajstić information content (AvgIpc) is 3.44. The van der Waals surface area contributed by atoms with Crippen LogP contribution in [-0.2, 0) is 20.0 Å². The number of sulfonamides is 1. The van der Waals surface area contributed by atoms with Crippen molar-refractivity contribution in [3.05, 3.63) is 54.6 Å². The quantitative estimate of drug-likeness (QED) is 0.428. The van der Waals surface area contributed by atoms with E-state index in [1.807, 2.05) is 11.6 Å². The molecular weight excluding hydrogens is 476 g/mol. The van der Waals surface area contributed by atoms with Crippen LogP contribution in [0, 0.1) is 6.92 Å². The minimum Gasteiger partial charge on any atom is -0.311 e. The molecule has 1 fully saturated rings. The zero-order chi connectivity index (χ0) is 24.1. The Bertz CT molecular complexity index is 1560. The lowest BCUT2D eigenvalue weighted by atomic mass is 10.1. The highest BCUT2D eigenvalue weighted by molar-refractivity contribution is 7.90. The molecule has 10 nitrogen and oxygen atoms in total. The Balaban J connectivity index is 1.49. The predicted octanol–water partition coefficient (Wildman–Crippen LogP) is 1.97. The molecule has 0 atom stereocenters. The van der Waals surface area contributed by atoms with Crippen molar-refractivity contribution in [2.75, 3.05) is 23.9 Å². The highest BCUT2D eigenvalue weighted by Crippen LogP contribution is 2.28. The third-order valence-corrected chi connectivity index (χ3v) is 9.38. The fourth-order valence-electron chi connectivity index (χ4n) is 4.32. The number of nitrogens with one attached hydrogen (secondary N) is 1. The van der Waals surface area contributed by atoms with Crippen LogP contribution < -0.4 is 9.73 Å². The number of rotatable bonds is 6. The Morgan fingerprint density at radius 3 is 2.41 bits per heavy atom. The van der Waals surface area contributed by atoms with E-state index in [4.69, 9.17) is 0 Å². The SMILES string of the molecule is CCS(=O)(=O)NC1CCN(n2cnc3cnc4c(ccn4S(=O)(=O)c4ccc(C)cc4)c32)CC1. The number of hydrogen-bond acceptors (Lipinski definition) is 7. The molecule has 0 unspecified atom stereocenters. The second-order valence-electron chi connectivity index (χ2n) is 8.50. The zero-order valence-corrected chi connectivity index (χ0v) is 20.6. The summed E-state index contributed by atoms with van der Waals surface area (Å²) in [6.45, 7) is 4.80. The standard InChI is InChI=1S/C22H26N6O4S2/c1-3-33(29,30)25-17-8-11-26(12-9-17)27-15-24-20-14-23-22-19(21(20)27)10-13-28(22)34(31,32)18-6-4-16(2)5-7-18/h4-7,10,13-15,17,25H,3,8-9,11-12H2,1-2H3. The molecule has 0 bridgehead atoms. The normalized spacial score (nSPS) is 16.0. The summed E-state index contributed by atoms with van der Waals surface area (Å²) < 4.78 is 56.3. The Morgan fingerprint density at radius 2 is 1.74 bits per heavy atom. The van der Waals surface area contributed by atoms with Crippen molar-refractivity contribution in [1.29, 1.82) is 0 Å². The van der Waals surface area contributed by atoms with E-state index in [0.717, 1.165) is 11.1 Å². The lowest BCUT2D eigenvalue weighted by molar-refractivity contribution is 0.413. The molecule has 1 aliphatic rings. The van der Waals surface area contributed by atoms with Gasteiger partial charge in [0.25, 0.3) is 10.0 Å². The van der Waals surface area contributed by atoms with Gasteiger partial charge in [0.2, 0.25) is 10.0 Å². The summed E-state index contributed by atoms with van der Waals surface area (Å²) in [6.07, 6.45) is 6.13. The summed E-state index contributed by atoms with van der Waals surface area (Å²) in [7, 11) is -7.06. The lowest BCUT2D eigenvalue weighted by Crippen LogP contribution is -2.48. The van der Waals surface area contributed by atoms with Gasteiger partial charge in [-0.2, -0.15) is 0 Å². The van der Waals surface area contributed by atoms with Crippen LogP contribution in [0.25, 0.3) is 22.1 Å². The van der Waals surface area contributed by atoms with Crippen LogP contribution in [0.5, 0.6) is 0 Å². The monoisotopic (exact) mass is 502 g/mol. The zero-order valence-electron chi connectivity index (χ0n) is 18.9. The van der Waals surface area contributed by atoms with E-state index in [-0.39, 0.29) is 16.7 Å². The first-order valence-corrected chi connectivity index (χ1v) is 14.2. The highest BCUT2D eigenvalue weighted by atomic mass is 32.2. The van der Waals surface area contributed by atoms with E-state index in [1.165, 1.54) is 10.2 Å². The number of imidazole rings is 1. The molecule has 0 amide bonds. The molecule has 180 valence electrons. The minimum atomic E-state index is -3.81. The van der Waals surface area contributed by atoms with E-state index in [1.54, 1.807) is 49.8 Å². The van der Waals surface area contributed by atoms with E-state index >= 15 is 0 Å². The van der Waals surface area contributed by atoms with Gasteiger partial charge in [-0.25, -0.2) is 40.2 Å². The topological polar surface area (TPSA) is 119 Å². The van der Waals surface area contributed by atoms with Crippen molar-refractivity contribution in [3.63, 3.8) is 0 Å². The van der Waals surface area contributed by atoms with Gasteiger partial charge < -0.3 is 5.01 Å². The summed E-state index contributed by atoms with van der Waals surface area (Å²) in [5.74, 6) is 0.0623. The maximum Gasteiger partial charge on any atom is 0.269 e. The second-order valence-corrected chi connectivity index (χ2v) is 12.4. The third-order valence-electron chi connectivity index (χ3n) is 6.25. The molecule has 1 aromatic carbocycles. The van der Waals surface area contributed by atoms with Crippen molar-refractivity contribution in [1.82, 2.24) is 23.3 Å². The van der Waals surface area contributed by atoms with Crippen LogP contribution in [0.15, 0.2) is 53.9 Å². The highest BCUT2D eigenvalue weighted by Gasteiger charge is 2.26. The number of fused-ring (bicyclic) bond motifs is 3. The van der Waals surface area contributed by atoms with E-state index in [9.17, 15) is 16.8 Å². The summed E-state index contributed by atoms with van der Waals surface area (Å²) in [6, 6.07) is 8.37. The van der Waals surface area contributed by atoms with Crippen LogP contribution in [0.3, 0.4) is 0 Å². The maximum atomic E-state index is 13.3. The summed E-state index contributed by atoms with van der Waals surface area (Å²) in [4.78, 5) is 9.07. The molecule has 0 spiro atoms. The first kappa shape index (κ1) is 22.8. The smallest absolute Gasteiger partial charge is 0.269 e. The number of aryl methyl sites for hydroxylation is 1. The molecule has 4 aromatic rings. The van der Waals surface area contributed by atoms with Crippen molar-refractivity contribution in [3.8, 4) is 0 Å². The van der Waals surface area contributed by atoms with Crippen LogP contribution in [0.1, 0.15) is 25.3 Å². The molecular formula is C22H26N6O4S2. The molecule has 5 rings (SSSR count). The lowest BCUT2D eigenvalue weighted by Gasteiger charge is -2.34. The van der Waals surface area contributed by atoms with E-state index < -0.39 is 20.0 Å². The van der Waals surface area contributed by atoms with Gasteiger partial charge in [-0.05, 0) is 44.9 Å². The number of pyridine rings is 1. The van der Waals surface area contributed by atoms with Gasteiger partial charge in [0.1, 0.15) is 17.4 Å². The molecule has 0 saturated carbocycles. The van der Waals surface area contributed by atoms with Gasteiger partial charge in [0.05, 0.1) is 16.8 Å². The van der Waals surface area contributed by atoms with Crippen molar-refractivity contribution in [2.45, 2.75) is 37.6 Å². The molecule has 34 heavy (non-hydrogen) atoms. The largest absolute Gasteiger partial charge is 0.311 e. The van der Waals surface area contributed by atoms with Crippen LogP contribution in [0.2, 0.25) is 0 Å². The Kier molecular flexibility index (Phi) is 5.61. The second kappa shape index (κ2) is 8.36. The molecule has 4 heterocycles. The molecule has 1 saturated heterocycles. The molecule has 3 aromatic heterocycles. The molecule has 1 aliphatic heterocycles. The van der Waals surface area contributed by atoms with Gasteiger partial charge in [-0.3, -0.25) is 0 Å². The Labute approximate surface area is 198 Å². The Hall–Kier alpha value is -2.96. The molecule has 1 N–H and O–H groups in total. The van der Waals surface area contributed by atoms with Gasteiger partial charge >= 0.3 is 0 Å². The van der Waals surface area contributed by atoms with E-state index in [0.29, 0.717) is 42.5 Å². The number of hydrogen-bond donors (Lipinski definition) is 1. The van der Waals surface area contributed by atoms with E-state index in [2.05, 4.69) is 19.7 Å². The number of nitrogens with zero attached hydrogens (tertiary/aromatic N) is 5. The number of benzene rings is 1. The van der Waals surface area contributed by atoms with Crippen LogP contribution in [-0.4, -0.2) is 60.3 Å². The first-order chi connectivity index (χ1) is 16.2. The van der Waals surface area contributed by atoms with Crippen molar-refractivity contribution in [2.24, 2.45) is 0 Å². The molecule has 0 radical (unpaired) electrons. The predicted molar refractivity (Wildman–Crippen MR) is 130 cm³/mol. The van der Waals surface area contributed by atoms with Gasteiger partial charge in [-0.15, -0.1) is 0 Å².